The number of aromatic nitrogens is 1. The van der Waals surface area contributed by atoms with Crippen molar-refractivity contribution in [3.63, 3.8) is 0 Å². The van der Waals surface area contributed by atoms with E-state index >= 15 is 0 Å². The van der Waals surface area contributed by atoms with Crippen LogP contribution in [0, 0.1) is 0 Å². The molecule has 102 valence electrons. The summed E-state index contributed by atoms with van der Waals surface area (Å²) in [5, 5.41) is 0.180. The number of nitrogens with zero attached hydrogens (tertiary/aromatic N) is 2. The number of hydrogen-bond acceptors (Lipinski definition) is 5. The lowest BCUT2D eigenvalue weighted by molar-refractivity contribution is -0.138. The zero-order valence-electron chi connectivity index (χ0n) is 9.36. The van der Waals surface area contributed by atoms with Gasteiger partial charge in [-0.2, -0.15) is 17.5 Å². The van der Waals surface area contributed by atoms with Crippen LogP contribution in [0.1, 0.15) is 5.56 Å². The second-order valence-corrected chi connectivity index (χ2v) is 5.53. The van der Waals surface area contributed by atoms with E-state index in [1.807, 2.05) is 0 Å². The van der Waals surface area contributed by atoms with Crippen LogP contribution < -0.4 is 9.41 Å². The van der Waals surface area contributed by atoms with Crippen molar-refractivity contribution < 1.29 is 17.9 Å². The molecule has 1 heterocycles. The highest BCUT2D eigenvalue weighted by molar-refractivity contribution is 7.66. The Balaban J connectivity index is 2.54. The van der Waals surface area contributed by atoms with Crippen molar-refractivity contribution in [2.75, 3.05) is 7.11 Å². The lowest BCUT2D eigenvalue weighted by atomic mass is 10.1. The molecule has 0 unspecified atom stereocenters. The molecule has 0 fully saturated rings. The third kappa shape index (κ3) is 3.26. The predicted octanol–water partition coefficient (Wildman–Crippen LogP) is 4.12. The summed E-state index contributed by atoms with van der Waals surface area (Å²) in [4.78, 5) is 4.03. The Bertz CT molecular complexity index is 651. The third-order valence-corrected chi connectivity index (χ3v) is 4.30. The van der Waals surface area contributed by atoms with Crippen LogP contribution in [0.25, 0.3) is 0 Å². The summed E-state index contributed by atoms with van der Waals surface area (Å²) >= 11 is 5.75. The predicted molar refractivity (Wildman–Crippen MR) is 68.2 cm³/mol. The van der Waals surface area contributed by atoms with Crippen LogP contribution in [0.3, 0.4) is 0 Å². The minimum atomic E-state index is -4.50. The molecule has 0 atom stereocenters. The summed E-state index contributed by atoms with van der Waals surface area (Å²) in [6.07, 6.45) is -4.50. The number of ether oxygens (including phenoxy) is 1. The van der Waals surface area contributed by atoms with Gasteiger partial charge in [-0.3, -0.25) is 0 Å². The fourth-order valence-electron chi connectivity index (χ4n) is 1.33. The highest BCUT2D eigenvalue weighted by atomic mass is 35.5. The Morgan fingerprint density at radius 2 is 2.11 bits per heavy atom. The normalized spacial score (nSPS) is 12.8. The second kappa shape index (κ2) is 5.48. The molecule has 3 nitrogen and oxygen atoms in total. The molecule has 2 aromatic rings. The number of methoxy groups -OCH3 is 1. The molecule has 0 aliphatic heterocycles. The summed E-state index contributed by atoms with van der Waals surface area (Å²) in [7, 11) is 3.49. The number of halogens is 4. The lowest BCUT2D eigenvalue weighted by Gasteiger charge is -2.11. The monoisotopic (exact) mass is 326 g/mol. The van der Waals surface area contributed by atoms with Gasteiger partial charge in [0.1, 0.15) is 5.75 Å². The van der Waals surface area contributed by atoms with Gasteiger partial charge in [-0.1, -0.05) is 11.6 Å². The van der Waals surface area contributed by atoms with Crippen molar-refractivity contribution in [2.45, 2.75) is 6.18 Å². The highest BCUT2D eigenvalue weighted by Gasteiger charge is 2.34. The van der Waals surface area contributed by atoms with E-state index in [-0.39, 0.29) is 16.6 Å². The van der Waals surface area contributed by atoms with E-state index in [1.165, 1.54) is 29.6 Å². The van der Waals surface area contributed by atoms with Crippen LogP contribution >= 0.6 is 32.5 Å². The average Bonchev–Trinajstić information content (AvgIpc) is 2.74. The van der Waals surface area contributed by atoms with E-state index in [4.69, 9.17) is 16.3 Å². The summed E-state index contributed by atoms with van der Waals surface area (Å²) in [5.41, 5.74) is -0.730. The Labute approximate surface area is 118 Å². The van der Waals surface area contributed by atoms with Crippen molar-refractivity contribution in [2.24, 2.45) is 4.99 Å². The molecule has 2 rings (SSSR count). The van der Waals surface area contributed by atoms with Crippen molar-refractivity contribution >= 4 is 38.2 Å². The minimum absolute atomic E-state index is 0.145. The Morgan fingerprint density at radius 1 is 1.37 bits per heavy atom. The van der Waals surface area contributed by atoms with Crippen LogP contribution in [-0.2, 0) is 6.18 Å². The van der Waals surface area contributed by atoms with Gasteiger partial charge < -0.3 is 4.74 Å². The maximum absolute atomic E-state index is 12.8. The Morgan fingerprint density at radius 3 is 2.63 bits per heavy atom. The summed E-state index contributed by atoms with van der Waals surface area (Å²) in [5.74, 6) is -0.246. The number of rotatable bonds is 2. The van der Waals surface area contributed by atoms with Gasteiger partial charge in [-0.15, -0.1) is 0 Å². The molecule has 0 aliphatic rings. The smallest absolute Gasteiger partial charge is 0.420 e. The van der Waals surface area contributed by atoms with Crippen molar-refractivity contribution in [3.05, 3.63) is 33.6 Å². The van der Waals surface area contributed by atoms with Gasteiger partial charge in [-0.25, -0.2) is 4.99 Å². The first kappa shape index (κ1) is 14.3. The van der Waals surface area contributed by atoms with Gasteiger partial charge in [0.2, 0.25) is 0 Å². The molecule has 0 saturated carbocycles. The molecular weight excluding hydrogens is 321 g/mol. The minimum Gasteiger partial charge on any atom is -0.496 e. The van der Waals surface area contributed by atoms with Crippen LogP contribution in [0.4, 0.5) is 18.9 Å². The molecule has 0 saturated heterocycles. The third-order valence-electron chi connectivity index (χ3n) is 2.13. The molecule has 0 spiro atoms. The number of benzene rings is 1. The molecule has 0 aliphatic carbocycles. The fraction of sp³-hybridized carbons (Fsp3) is 0.200. The van der Waals surface area contributed by atoms with E-state index in [0.29, 0.717) is 4.67 Å². The second-order valence-electron chi connectivity index (χ2n) is 3.34. The lowest BCUT2D eigenvalue weighted by Crippen LogP contribution is -2.07. The zero-order valence-corrected chi connectivity index (χ0v) is 11.8. The van der Waals surface area contributed by atoms with Gasteiger partial charge in [0.15, 0.2) is 9.82 Å². The first-order valence-electron chi connectivity index (χ1n) is 4.83. The first-order valence-corrected chi connectivity index (χ1v) is 7.32. The fourth-order valence-corrected chi connectivity index (χ4v) is 3.32. The van der Waals surface area contributed by atoms with Gasteiger partial charge in [0.25, 0.3) is 0 Å². The van der Waals surface area contributed by atoms with Gasteiger partial charge in [0, 0.05) is 10.5 Å². The SMILES string of the molecule is COc1ccc(N=c2ssnc2Cl)cc1C(F)(F)F. The molecular formula is C10H6ClF3N2OS2. The molecule has 19 heavy (non-hydrogen) atoms. The maximum Gasteiger partial charge on any atom is 0.420 e. The Hall–Kier alpha value is -1.12. The quantitative estimate of drug-likeness (QED) is 0.778. The molecule has 0 bridgehead atoms. The molecule has 1 aromatic carbocycles. The molecule has 0 N–H and O–H groups in total. The van der Waals surface area contributed by atoms with Crippen molar-refractivity contribution in [1.29, 1.82) is 0 Å². The standard InChI is InChI=1S/C10H6ClF3N2OS2/c1-17-7-3-2-5(4-6(7)10(12,13)14)15-9-8(11)16-19-18-9/h2-4H,1H3. The number of alkyl halides is 3. The van der Waals surface area contributed by atoms with E-state index < -0.39 is 11.7 Å². The summed E-state index contributed by atoms with van der Waals surface area (Å²) < 4.78 is 47.3. The van der Waals surface area contributed by atoms with Crippen LogP contribution in [0.2, 0.25) is 5.15 Å². The topological polar surface area (TPSA) is 34.5 Å². The molecule has 1 aromatic heterocycles. The zero-order chi connectivity index (χ0) is 14.0. The van der Waals surface area contributed by atoms with Crippen molar-refractivity contribution in [1.82, 2.24) is 4.37 Å². The van der Waals surface area contributed by atoms with Gasteiger partial charge >= 0.3 is 6.18 Å². The van der Waals surface area contributed by atoms with E-state index in [0.717, 1.165) is 16.6 Å². The molecule has 9 heteroatoms. The van der Waals surface area contributed by atoms with Crippen LogP contribution in [-0.4, -0.2) is 11.5 Å². The van der Waals surface area contributed by atoms with Gasteiger partial charge in [-0.05, 0) is 28.5 Å². The van der Waals surface area contributed by atoms with E-state index in [9.17, 15) is 13.2 Å². The summed E-state index contributed by atoms with van der Waals surface area (Å²) in [6.45, 7) is 0. The highest BCUT2D eigenvalue weighted by Crippen LogP contribution is 2.38. The largest absolute Gasteiger partial charge is 0.496 e. The Kier molecular flexibility index (Phi) is 4.12. The van der Waals surface area contributed by atoms with Gasteiger partial charge in [0.05, 0.1) is 18.4 Å². The summed E-state index contributed by atoms with van der Waals surface area (Å²) in [6, 6.07) is 3.56. The van der Waals surface area contributed by atoms with Crippen LogP contribution in [0.15, 0.2) is 23.2 Å². The number of hydrogen-bond donors (Lipinski definition) is 0. The maximum atomic E-state index is 12.8. The van der Waals surface area contributed by atoms with Crippen molar-refractivity contribution in [3.8, 4) is 5.75 Å². The first-order chi connectivity index (χ1) is 8.91. The van der Waals surface area contributed by atoms with E-state index in [1.54, 1.807) is 0 Å². The molecule has 0 amide bonds. The van der Waals surface area contributed by atoms with Crippen LogP contribution in [0.5, 0.6) is 5.75 Å². The molecule has 0 radical (unpaired) electrons. The van der Waals surface area contributed by atoms with E-state index in [2.05, 4.69) is 9.37 Å². The average molecular weight is 327 g/mol.